The Kier molecular flexibility index (Phi) is 5.94. The molecule has 1 aliphatic carbocycles. The first-order valence-corrected chi connectivity index (χ1v) is 9.49. The molecule has 0 saturated heterocycles. The second-order valence-corrected chi connectivity index (χ2v) is 7.25. The molecule has 3 rings (SSSR count). The minimum Gasteiger partial charge on any atom is -0.469 e. The van der Waals surface area contributed by atoms with E-state index < -0.39 is 0 Å². The topological polar surface area (TPSA) is 73.2 Å². The standard InChI is InChI=1S/C21H27N3O3/c1-14-10-15(2)12-16(11-14)24-19-7-4-6-18(17(19)13-22-24)23-20(25)8-5-9-21(26)27-3/h10-13,18H,4-9H2,1-3H3,(H,23,25). The molecule has 1 atom stereocenters. The second kappa shape index (κ2) is 8.37. The highest BCUT2D eigenvalue weighted by Gasteiger charge is 2.26. The van der Waals surface area contributed by atoms with E-state index in [1.165, 1.54) is 23.9 Å². The van der Waals surface area contributed by atoms with Gasteiger partial charge in [0.2, 0.25) is 5.91 Å². The summed E-state index contributed by atoms with van der Waals surface area (Å²) in [7, 11) is 1.36. The highest BCUT2D eigenvalue weighted by Crippen LogP contribution is 2.31. The molecule has 0 spiro atoms. The van der Waals surface area contributed by atoms with Crippen LogP contribution in [0.25, 0.3) is 5.69 Å². The predicted molar refractivity (Wildman–Crippen MR) is 103 cm³/mol. The van der Waals surface area contributed by atoms with Gasteiger partial charge in [-0.25, -0.2) is 4.68 Å². The molecular weight excluding hydrogens is 342 g/mol. The number of amides is 1. The van der Waals surface area contributed by atoms with Crippen LogP contribution in [-0.2, 0) is 20.7 Å². The second-order valence-electron chi connectivity index (χ2n) is 7.25. The van der Waals surface area contributed by atoms with Crippen LogP contribution >= 0.6 is 0 Å². The van der Waals surface area contributed by atoms with E-state index in [2.05, 4.69) is 47.2 Å². The fourth-order valence-electron chi connectivity index (χ4n) is 3.76. The van der Waals surface area contributed by atoms with Gasteiger partial charge >= 0.3 is 5.97 Å². The van der Waals surface area contributed by atoms with E-state index in [-0.39, 0.29) is 24.3 Å². The van der Waals surface area contributed by atoms with Crippen LogP contribution in [0.4, 0.5) is 0 Å². The molecule has 1 aliphatic rings. The maximum atomic E-state index is 12.3. The molecular formula is C21H27N3O3. The number of ether oxygens (including phenoxy) is 1. The lowest BCUT2D eigenvalue weighted by Crippen LogP contribution is -2.30. The Labute approximate surface area is 159 Å². The van der Waals surface area contributed by atoms with Gasteiger partial charge in [-0.2, -0.15) is 5.10 Å². The third-order valence-electron chi connectivity index (χ3n) is 4.98. The first-order chi connectivity index (χ1) is 13.0. The van der Waals surface area contributed by atoms with Crippen LogP contribution in [-0.4, -0.2) is 28.8 Å². The van der Waals surface area contributed by atoms with Gasteiger partial charge in [-0.05, 0) is 62.8 Å². The zero-order chi connectivity index (χ0) is 19.4. The molecule has 0 fully saturated rings. The van der Waals surface area contributed by atoms with Gasteiger partial charge in [0.1, 0.15) is 0 Å². The summed E-state index contributed by atoms with van der Waals surface area (Å²) in [4.78, 5) is 23.4. The number of rotatable bonds is 6. The summed E-state index contributed by atoms with van der Waals surface area (Å²) in [6.45, 7) is 4.17. The van der Waals surface area contributed by atoms with Crippen molar-refractivity contribution in [1.29, 1.82) is 0 Å². The SMILES string of the molecule is COC(=O)CCCC(=O)NC1CCCc2c1cnn2-c1cc(C)cc(C)c1. The van der Waals surface area contributed by atoms with Gasteiger partial charge < -0.3 is 10.1 Å². The fraction of sp³-hybridized carbons (Fsp3) is 0.476. The monoisotopic (exact) mass is 369 g/mol. The summed E-state index contributed by atoms with van der Waals surface area (Å²) in [5.74, 6) is -0.312. The summed E-state index contributed by atoms with van der Waals surface area (Å²) in [6, 6.07) is 6.40. The number of nitrogens with one attached hydrogen (secondary N) is 1. The van der Waals surface area contributed by atoms with Crippen molar-refractivity contribution in [3.63, 3.8) is 0 Å². The average molecular weight is 369 g/mol. The molecule has 0 saturated carbocycles. The Hall–Kier alpha value is -2.63. The van der Waals surface area contributed by atoms with E-state index in [0.29, 0.717) is 12.8 Å². The summed E-state index contributed by atoms with van der Waals surface area (Å²) in [5.41, 5.74) is 5.76. The van der Waals surface area contributed by atoms with Crippen LogP contribution in [0.1, 0.15) is 60.5 Å². The summed E-state index contributed by atoms with van der Waals surface area (Å²) in [6.07, 6.45) is 5.85. The Morgan fingerprint density at radius 3 is 2.67 bits per heavy atom. The molecule has 0 aliphatic heterocycles. The lowest BCUT2D eigenvalue weighted by Gasteiger charge is -2.24. The van der Waals surface area contributed by atoms with Crippen molar-refractivity contribution in [1.82, 2.24) is 15.1 Å². The van der Waals surface area contributed by atoms with Gasteiger partial charge in [-0.15, -0.1) is 0 Å². The Bertz CT molecular complexity index is 821. The number of hydrogen-bond acceptors (Lipinski definition) is 4. The number of aromatic nitrogens is 2. The largest absolute Gasteiger partial charge is 0.469 e. The fourth-order valence-corrected chi connectivity index (χ4v) is 3.76. The number of fused-ring (bicyclic) bond motifs is 1. The van der Waals surface area contributed by atoms with Gasteiger partial charge in [0.25, 0.3) is 0 Å². The van der Waals surface area contributed by atoms with Gasteiger partial charge in [-0.3, -0.25) is 9.59 Å². The first kappa shape index (κ1) is 19.1. The molecule has 6 nitrogen and oxygen atoms in total. The van der Waals surface area contributed by atoms with Crippen molar-refractivity contribution in [2.45, 2.75) is 58.4 Å². The minimum atomic E-state index is -0.280. The first-order valence-electron chi connectivity index (χ1n) is 9.49. The van der Waals surface area contributed by atoms with E-state index in [0.717, 1.165) is 30.5 Å². The van der Waals surface area contributed by atoms with Crippen LogP contribution in [0.2, 0.25) is 0 Å². The normalized spacial score (nSPS) is 15.9. The number of aryl methyl sites for hydroxylation is 2. The van der Waals surface area contributed by atoms with Gasteiger partial charge in [0, 0.05) is 24.1 Å². The molecule has 2 aromatic rings. The number of hydrogen-bond donors (Lipinski definition) is 1. The van der Waals surface area contributed by atoms with Crippen molar-refractivity contribution in [2.24, 2.45) is 0 Å². The van der Waals surface area contributed by atoms with E-state index >= 15 is 0 Å². The molecule has 144 valence electrons. The average Bonchev–Trinajstić information content (AvgIpc) is 3.06. The number of esters is 1. The number of nitrogens with zero attached hydrogens (tertiary/aromatic N) is 2. The summed E-state index contributed by atoms with van der Waals surface area (Å²) in [5, 5.41) is 7.72. The summed E-state index contributed by atoms with van der Waals surface area (Å²) < 4.78 is 6.61. The summed E-state index contributed by atoms with van der Waals surface area (Å²) >= 11 is 0. The smallest absolute Gasteiger partial charge is 0.305 e. The maximum Gasteiger partial charge on any atom is 0.305 e. The lowest BCUT2D eigenvalue weighted by molar-refractivity contribution is -0.140. The number of carbonyl (C=O) groups excluding carboxylic acids is 2. The Morgan fingerprint density at radius 2 is 1.96 bits per heavy atom. The van der Waals surface area contributed by atoms with Crippen molar-refractivity contribution in [3.8, 4) is 5.69 Å². The zero-order valence-electron chi connectivity index (χ0n) is 16.2. The van der Waals surface area contributed by atoms with E-state index in [1.807, 2.05) is 10.9 Å². The number of carbonyl (C=O) groups is 2. The molecule has 27 heavy (non-hydrogen) atoms. The molecule has 1 N–H and O–H groups in total. The molecule has 1 aromatic carbocycles. The van der Waals surface area contributed by atoms with Gasteiger partial charge in [0.05, 0.1) is 25.0 Å². The molecule has 0 bridgehead atoms. The lowest BCUT2D eigenvalue weighted by atomic mass is 9.92. The predicted octanol–water partition coefficient (Wildman–Crippen LogP) is 3.33. The molecule has 1 unspecified atom stereocenters. The van der Waals surface area contributed by atoms with Crippen LogP contribution < -0.4 is 5.32 Å². The minimum absolute atomic E-state index is 0.0148. The third kappa shape index (κ3) is 4.56. The maximum absolute atomic E-state index is 12.3. The molecule has 1 heterocycles. The third-order valence-corrected chi connectivity index (χ3v) is 4.98. The van der Waals surface area contributed by atoms with Crippen molar-refractivity contribution < 1.29 is 14.3 Å². The van der Waals surface area contributed by atoms with Crippen molar-refractivity contribution >= 4 is 11.9 Å². The van der Waals surface area contributed by atoms with E-state index in [1.54, 1.807) is 0 Å². The van der Waals surface area contributed by atoms with E-state index in [4.69, 9.17) is 0 Å². The van der Waals surface area contributed by atoms with Crippen molar-refractivity contribution in [2.75, 3.05) is 7.11 Å². The van der Waals surface area contributed by atoms with Gasteiger partial charge in [0.15, 0.2) is 0 Å². The van der Waals surface area contributed by atoms with Gasteiger partial charge in [-0.1, -0.05) is 6.07 Å². The molecule has 1 amide bonds. The zero-order valence-corrected chi connectivity index (χ0v) is 16.2. The Balaban J connectivity index is 1.71. The molecule has 1 aromatic heterocycles. The quantitative estimate of drug-likeness (QED) is 0.793. The highest BCUT2D eigenvalue weighted by molar-refractivity contribution is 5.77. The van der Waals surface area contributed by atoms with Crippen LogP contribution in [0, 0.1) is 13.8 Å². The Morgan fingerprint density at radius 1 is 1.22 bits per heavy atom. The van der Waals surface area contributed by atoms with Crippen molar-refractivity contribution in [3.05, 3.63) is 46.8 Å². The number of methoxy groups -OCH3 is 1. The number of benzene rings is 1. The van der Waals surface area contributed by atoms with E-state index in [9.17, 15) is 9.59 Å². The molecule has 0 radical (unpaired) electrons. The molecule has 6 heteroatoms. The van der Waals surface area contributed by atoms with Crippen LogP contribution in [0.5, 0.6) is 0 Å². The van der Waals surface area contributed by atoms with Crippen LogP contribution in [0.3, 0.4) is 0 Å². The van der Waals surface area contributed by atoms with Crippen LogP contribution in [0.15, 0.2) is 24.4 Å². The highest BCUT2D eigenvalue weighted by atomic mass is 16.5.